The molecule has 11 heteroatoms. The number of nitrogens with one attached hydrogen (secondary N) is 2. The summed E-state index contributed by atoms with van der Waals surface area (Å²) in [5.41, 5.74) is -0.0568. The number of carbonyl (C=O) groups excluding carboxylic acids is 2. The van der Waals surface area contributed by atoms with E-state index in [0.717, 1.165) is 40.0 Å². The molecule has 0 aliphatic carbocycles. The third-order valence-corrected chi connectivity index (χ3v) is 6.36. The first-order chi connectivity index (χ1) is 15.1. The van der Waals surface area contributed by atoms with E-state index in [2.05, 4.69) is 32.6 Å². The lowest BCUT2D eigenvalue weighted by molar-refractivity contribution is -0.137. The summed E-state index contributed by atoms with van der Waals surface area (Å²) in [7, 11) is 0. The number of anilines is 1. The molecule has 0 bridgehead atoms. The Bertz CT molecular complexity index is 1150. The molecule has 0 radical (unpaired) electrons. The Hall–Kier alpha value is -2.48. The van der Waals surface area contributed by atoms with Gasteiger partial charge in [-0.2, -0.15) is 18.4 Å². The van der Waals surface area contributed by atoms with Crippen LogP contribution < -0.4 is 10.6 Å². The van der Waals surface area contributed by atoms with Crippen molar-refractivity contribution >= 4 is 56.8 Å². The van der Waals surface area contributed by atoms with E-state index >= 15 is 0 Å². The number of nitriles is 1. The van der Waals surface area contributed by atoms with Crippen molar-refractivity contribution in [2.45, 2.75) is 18.5 Å². The molecule has 0 unspecified atom stereocenters. The van der Waals surface area contributed by atoms with Crippen LogP contribution in [0.4, 0.5) is 18.9 Å². The fraction of sp³-hybridized carbons (Fsp3) is 0.190. The molecule has 1 atom stereocenters. The molecule has 1 heterocycles. The fourth-order valence-corrected chi connectivity index (χ4v) is 4.52. The summed E-state index contributed by atoms with van der Waals surface area (Å²) in [6, 6.07) is 11.9. The number of rotatable bonds is 5. The lowest BCUT2D eigenvalue weighted by Crippen LogP contribution is -2.31. The average molecular weight is 545 g/mol. The van der Waals surface area contributed by atoms with Gasteiger partial charge in [-0.1, -0.05) is 51.4 Å². The summed E-state index contributed by atoms with van der Waals surface area (Å²) in [5, 5.41) is 14.8. The number of hydrogen-bond donors (Lipinski definition) is 2. The van der Waals surface area contributed by atoms with E-state index in [0.29, 0.717) is 5.57 Å². The molecule has 2 amide bonds. The molecule has 166 valence electrons. The maximum Gasteiger partial charge on any atom is 0.416 e. The Labute approximate surface area is 199 Å². The zero-order chi connectivity index (χ0) is 23.5. The van der Waals surface area contributed by atoms with Gasteiger partial charge in [0.05, 0.1) is 38.7 Å². The van der Waals surface area contributed by atoms with Gasteiger partial charge in [0.15, 0.2) is 0 Å². The molecule has 0 aromatic heterocycles. The monoisotopic (exact) mass is 543 g/mol. The van der Waals surface area contributed by atoms with Crippen LogP contribution in [0.2, 0.25) is 5.02 Å². The second kappa shape index (κ2) is 9.98. The van der Waals surface area contributed by atoms with E-state index < -0.39 is 23.6 Å². The number of amides is 2. The molecule has 1 aliphatic rings. The normalized spacial score (nSPS) is 16.4. The van der Waals surface area contributed by atoms with Gasteiger partial charge >= 0.3 is 6.18 Å². The molecule has 0 fully saturated rings. The second-order valence-electron chi connectivity index (χ2n) is 6.74. The zero-order valence-electron chi connectivity index (χ0n) is 16.1. The Balaban J connectivity index is 1.77. The van der Waals surface area contributed by atoms with Gasteiger partial charge in [-0.3, -0.25) is 9.59 Å². The van der Waals surface area contributed by atoms with Crippen molar-refractivity contribution in [2.24, 2.45) is 0 Å². The molecule has 2 N–H and O–H groups in total. The maximum atomic E-state index is 12.9. The summed E-state index contributed by atoms with van der Waals surface area (Å²) in [4.78, 5) is 24.6. The van der Waals surface area contributed by atoms with Gasteiger partial charge in [0.1, 0.15) is 0 Å². The number of nitrogens with zero attached hydrogens (tertiary/aromatic N) is 1. The fourth-order valence-electron chi connectivity index (χ4n) is 3.06. The lowest BCUT2D eigenvalue weighted by atomic mass is 9.87. The standard InChI is InChI=1S/C21H14BrClF3N3O2S/c22-13-3-1-2-11(6-13)14-8-18(30)29-20(15(14)9-27)32-10-19(31)28-17-7-12(21(24,25)26)4-5-16(17)23/h1-7,14H,8,10H2,(H,28,31)(H,29,30)/t14-/m1/s1. The van der Waals surface area contributed by atoms with Crippen molar-refractivity contribution in [1.29, 1.82) is 5.26 Å². The summed E-state index contributed by atoms with van der Waals surface area (Å²) < 4.78 is 39.5. The summed E-state index contributed by atoms with van der Waals surface area (Å²) in [6.45, 7) is 0. The molecule has 2 aromatic carbocycles. The smallest absolute Gasteiger partial charge is 0.324 e. The van der Waals surface area contributed by atoms with Gasteiger partial charge in [-0.05, 0) is 35.9 Å². The molecule has 32 heavy (non-hydrogen) atoms. The van der Waals surface area contributed by atoms with Crippen molar-refractivity contribution in [1.82, 2.24) is 5.32 Å². The molecular formula is C21H14BrClF3N3O2S. The van der Waals surface area contributed by atoms with Crippen LogP contribution in [0.25, 0.3) is 0 Å². The molecular weight excluding hydrogens is 531 g/mol. The van der Waals surface area contributed by atoms with E-state index in [-0.39, 0.29) is 33.8 Å². The molecule has 0 spiro atoms. The minimum Gasteiger partial charge on any atom is -0.324 e. The first kappa shape index (κ1) is 24.2. The van der Waals surface area contributed by atoms with Crippen LogP contribution in [-0.2, 0) is 15.8 Å². The number of allylic oxidation sites excluding steroid dienone is 1. The van der Waals surface area contributed by atoms with Gasteiger partial charge in [0.2, 0.25) is 11.8 Å². The van der Waals surface area contributed by atoms with Crippen molar-refractivity contribution in [3.05, 3.63) is 73.7 Å². The van der Waals surface area contributed by atoms with Crippen LogP contribution in [0.1, 0.15) is 23.5 Å². The minimum absolute atomic E-state index is 0.0473. The third-order valence-electron chi connectivity index (χ3n) is 4.52. The number of carbonyl (C=O) groups is 2. The zero-order valence-corrected chi connectivity index (χ0v) is 19.3. The van der Waals surface area contributed by atoms with Crippen molar-refractivity contribution in [2.75, 3.05) is 11.1 Å². The summed E-state index contributed by atoms with van der Waals surface area (Å²) >= 11 is 10.2. The van der Waals surface area contributed by atoms with E-state index in [1.165, 1.54) is 0 Å². The highest BCUT2D eigenvalue weighted by atomic mass is 79.9. The van der Waals surface area contributed by atoms with E-state index in [9.17, 15) is 28.0 Å². The van der Waals surface area contributed by atoms with E-state index in [4.69, 9.17) is 11.6 Å². The Morgan fingerprint density at radius 3 is 2.72 bits per heavy atom. The predicted octanol–water partition coefficient (Wildman–Crippen LogP) is 5.83. The van der Waals surface area contributed by atoms with Crippen LogP contribution in [0, 0.1) is 11.3 Å². The van der Waals surface area contributed by atoms with Crippen molar-refractivity contribution in [3.63, 3.8) is 0 Å². The molecule has 5 nitrogen and oxygen atoms in total. The number of thioether (sulfide) groups is 1. The summed E-state index contributed by atoms with van der Waals surface area (Å²) in [6.07, 6.45) is -4.51. The second-order valence-corrected chi connectivity index (χ2v) is 9.05. The number of alkyl halides is 3. The van der Waals surface area contributed by atoms with E-state index in [1.807, 2.05) is 12.1 Å². The Morgan fingerprint density at radius 1 is 1.31 bits per heavy atom. The highest BCUT2D eigenvalue weighted by Crippen LogP contribution is 2.37. The van der Waals surface area contributed by atoms with Gasteiger partial charge in [0.25, 0.3) is 0 Å². The van der Waals surface area contributed by atoms with Gasteiger partial charge < -0.3 is 10.6 Å². The van der Waals surface area contributed by atoms with E-state index in [1.54, 1.807) is 12.1 Å². The van der Waals surface area contributed by atoms with Crippen LogP contribution in [0.3, 0.4) is 0 Å². The topological polar surface area (TPSA) is 82.0 Å². The molecule has 1 aliphatic heterocycles. The molecule has 0 saturated heterocycles. The predicted molar refractivity (Wildman–Crippen MR) is 120 cm³/mol. The van der Waals surface area contributed by atoms with Gasteiger partial charge in [0, 0.05) is 16.8 Å². The SMILES string of the molecule is N#CC1=C(SCC(=O)Nc2cc(C(F)(F)F)ccc2Cl)NC(=O)C[C@@H]1c1cccc(Br)c1. The van der Waals surface area contributed by atoms with Gasteiger partial charge in [-0.15, -0.1) is 0 Å². The summed E-state index contributed by atoms with van der Waals surface area (Å²) in [5.74, 6) is -1.68. The van der Waals surface area contributed by atoms with Crippen LogP contribution in [-0.4, -0.2) is 17.6 Å². The molecule has 0 saturated carbocycles. The molecule has 2 aromatic rings. The largest absolute Gasteiger partial charge is 0.416 e. The Morgan fingerprint density at radius 2 is 2.06 bits per heavy atom. The molecule has 3 rings (SSSR count). The average Bonchev–Trinajstić information content (AvgIpc) is 2.72. The number of benzene rings is 2. The quantitative estimate of drug-likeness (QED) is 0.496. The van der Waals surface area contributed by atoms with Crippen LogP contribution >= 0.6 is 39.3 Å². The van der Waals surface area contributed by atoms with Crippen molar-refractivity contribution in [3.8, 4) is 6.07 Å². The first-order valence-electron chi connectivity index (χ1n) is 9.07. The van der Waals surface area contributed by atoms with Crippen molar-refractivity contribution < 1.29 is 22.8 Å². The highest BCUT2D eigenvalue weighted by Gasteiger charge is 2.32. The lowest BCUT2D eigenvalue weighted by Gasteiger charge is -2.25. The number of hydrogen-bond acceptors (Lipinski definition) is 4. The number of halogens is 5. The highest BCUT2D eigenvalue weighted by molar-refractivity contribution is 9.10. The van der Waals surface area contributed by atoms with Crippen LogP contribution in [0.15, 0.2) is 57.5 Å². The third kappa shape index (κ3) is 5.85. The minimum atomic E-state index is -4.58. The van der Waals surface area contributed by atoms with Crippen LogP contribution in [0.5, 0.6) is 0 Å². The van der Waals surface area contributed by atoms with Gasteiger partial charge in [-0.25, -0.2) is 0 Å². The maximum absolute atomic E-state index is 12.9. The Kier molecular flexibility index (Phi) is 7.54. The first-order valence-corrected chi connectivity index (χ1v) is 11.2.